The topological polar surface area (TPSA) is 95.9 Å². The van der Waals surface area contributed by atoms with Crippen molar-refractivity contribution < 1.29 is 26.7 Å². The van der Waals surface area contributed by atoms with Crippen LogP contribution < -0.4 is 15.2 Å². The molecule has 3 aromatic rings. The van der Waals surface area contributed by atoms with Gasteiger partial charge in [-0.15, -0.1) is 0 Å². The molecule has 0 aliphatic heterocycles. The van der Waals surface area contributed by atoms with Crippen molar-refractivity contribution in [3.63, 3.8) is 0 Å². The first-order valence-corrected chi connectivity index (χ1v) is 10.1. The molecule has 156 valence electrons. The average molecular weight is 425 g/mol. The van der Waals surface area contributed by atoms with Gasteiger partial charge in [0, 0.05) is 29.6 Å². The number of fused-ring (bicyclic) bond motifs is 1. The normalized spacial score (nSPS) is 12.5. The number of halogens is 2. The predicted molar refractivity (Wildman–Crippen MR) is 105 cm³/mol. The Morgan fingerprint density at radius 1 is 1.17 bits per heavy atom. The SMILES string of the molecule is COc1cc2ncc(-c3cc(N)cc(OC(F)F)c3)n2cc1S(=O)(=O)C(C)(C)C. The zero-order chi connectivity index (χ0) is 21.6. The first-order chi connectivity index (χ1) is 13.4. The molecule has 2 aromatic heterocycles. The van der Waals surface area contributed by atoms with Crippen LogP contribution in [-0.4, -0.2) is 36.3 Å². The molecule has 0 aliphatic carbocycles. The smallest absolute Gasteiger partial charge is 0.387 e. The van der Waals surface area contributed by atoms with Gasteiger partial charge in [-0.2, -0.15) is 8.78 Å². The number of methoxy groups -OCH3 is 1. The van der Waals surface area contributed by atoms with Crippen molar-refractivity contribution in [3.05, 3.63) is 36.7 Å². The summed E-state index contributed by atoms with van der Waals surface area (Å²) < 4.78 is 61.5. The van der Waals surface area contributed by atoms with Crippen LogP contribution >= 0.6 is 0 Å². The number of rotatable bonds is 5. The molecular weight excluding hydrogens is 404 g/mol. The highest BCUT2D eigenvalue weighted by atomic mass is 32.2. The van der Waals surface area contributed by atoms with Crippen LogP contribution in [0, 0.1) is 0 Å². The Kier molecular flexibility index (Phi) is 5.16. The van der Waals surface area contributed by atoms with Gasteiger partial charge in [0.25, 0.3) is 0 Å². The van der Waals surface area contributed by atoms with Crippen molar-refractivity contribution in [2.24, 2.45) is 0 Å². The van der Waals surface area contributed by atoms with Crippen molar-refractivity contribution in [3.8, 4) is 22.8 Å². The van der Waals surface area contributed by atoms with E-state index in [1.54, 1.807) is 31.2 Å². The molecule has 0 saturated heterocycles. The van der Waals surface area contributed by atoms with Crippen LogP contribution in [0.25, 0.3) is 16.9 Å². The lowest BCUT2D eigenvalue weighted by Crippen LogP contribution is -2.28. The lowest BCUT2D eigenvalue weighted by atomic mass is 10.1. The number of hydrogen-bond acceptors (Lipinski definition) is 6. The first-order valence-electron chi connectivity index (χ1n) is 8.59. The summed E-state index contributed by atoms with van der Waals surface area (Å²) in [6, 6.07) is 5.72. The molecule has 10 heteroatoms. The lowest BCUT2D eigenvalue weighted by Gasteiger charge is -2.21. The summed E-state index contributed by atoms with van der Waals surface area (Å²) in [4.78, 5) is 4.26. The third-order valence-corrected chi connectivity index (χ3v) is 6.84. The molecule has 0 amide bonds. The van der Waals surface area contributed by atoms with Crippen LogP contribution in [0.1, 0.15) is 20.8 Å². The van der Waals surface area contributed by atoms with Gasteiger partial charge in [0.1, 0.15) is 22.0 Å². The summed E-state index contributed by atoms with van der Waals surface area (Å²) in [6.45, 7) is 1.77. The minimum absolute atomic E-state index is 0.00722. The molecule has 2 heterocycles. The second-order valence-corrected chi connectivity index (χ2v) is 10.0. The van der Waals surface area contributed by atoms with E-state index in [1.807, 2.05) is 0 Å². The molecule has 0 radical (unpaired) electrons. The van der Waals surface area contributed by atoms with E-state index < -0.39 is 21.2 Å². The van der Waals surface area contributed by atoms with Crippen LogP contribution in [0.5, 0.6) is 11.5 Å². The van der Waals surface area contributed by atoms with Crippen LogP contribution in [0.2, 0.25) is 0 Å². The minimum Gasteiger partial charge on any atom is -0.495 e. The van der Waals surface area contributed by atoms with E-state index in [2.05, 4.69) is 9.72 Å². The largest absolute Gasteiger partial charge is 0.495 e. The van der Waals surface area contributed by atoms with E-state index in [1.165, 1.54) is 37.7 Å². The zero-order valence-corrected chi connectivity index (χ0v) is 17.1. The molecule has 0 spiro atoms. The number of ether oxygens (including phenoxy) is 2. The molecule has 0 atom stereocenters. The number of sulfone groups is 1. The highest BCUT2D eigenvalue weighted by Crippen LogP contribution is 2.35. The molecule has 1 aromatic carbocycles. The maximum absolute atomic E-state index is 13.0. The van der Waals surface area contributed by atoms with Crippen molar-refractivity contribution in [2.45, 2.75) is 37.0 Å². The summed E-state index contributed by atoms with van der Waals surface area (Å²) in [5.41, 5.74) is 7.35. The number of pyridine rings is 1. The number of alkyl halides is 2. The Labute approximate surface area is 167 Å². The van der Waals surface area contributed by atoms with E-state index in [4.69, 9.17) is 10.5 Å². The maximum Gasteiger partial charge on any atom is 0.387 e. The van der Waals surface area contributed by atoms with E-state index in [-0.39, 0.29) is 22.1 Å². The van der Waals surface area contributed by atoms with E-state index in [9.17, 15) is 17.2 Å². The van der Waals surface area contributed by atoms with Gasteiger partial charge in [0.15, 0.2) is 9.84 Å². The van der Waals surface area contributed by atoms with E-state index in [0.717, 1.165) is 0 Å². The lowest BCUT2D eigenvalue weighted by molar-refractivity contribution is -0.0497. The Balaban J connectivity index is 2.25. The van der Waals surface area contributed by atoms with Crippen LogP contribution in [-0.2, 0) is 9.84 Å². The molecule has 0 bridgehead atoms. The number of aromatic nitrogens is 2. The number of nitrogen functional groups attached to an aromatic ring is 1. The van der Waals surface area contributed by atoms with Crippen LogP contribution in [0.15, 0.2) is 41.6 Å². The van der Waals surface area contributed by atoms with E-state index >= 15 is 0 Å². The number of nitrogens with zero attached hydrogens (tertiary/aromatic N) is 2. The van der Waals surface area contributed by atoms with Gasteiger partial charge >= 0.3 is 6.61 Å². The number of hydrogen-bond donors (Lipinski definition) is 1. The van der Waals surface area contributed by atoms with Gasteiger partial charge in [0.05, 0.1) is 23.7 Å². The van der Waals surface area contributed by atoms with Gasteiger partial charge in [-0.1, -0.05) is 0 Å². The standard InChI is InChI=1S/C19H21F2N3O4S/c1-19(2,3)29(25,26)16-10-24-14(9-23-17(24)8-15(16)27-4)11-5-12(22)7-13(6-11)28-18(20)21/h5-10,18H,22H2,1-4H3. The van der Waals surface area contributed by atoms with Crippen molar-refractivity contribution in [2.75, 3.05) is 12.8 Å². The van der Waals surface area contributed by atoms with Gasteiger partial charge in [0.2, 0.25) is 0 Å². The highest BCUT2D eigenvalue weighted by Gasteiger charge is 2.34. The molecule has 7 nitrogen and oxygen atoms in total. The Bertz CT molecular complexity index is 1170. The Morgan fingerprint density at radius 2 is 1.86 bits per heavy atom. The van der Waals surface area contributed by atoms with Gasteiger partial charge in [-0.3, -0.25) is 4.40 Å². The summed E-state index contributed by atoms with van der Waals surface area (Å²) >= 11 is 0. The minimum atomic E-state index is -3.74. The first kappa shape index (κ1) is 20.8. The van der Waals surface area contributed by atoms with Gasteiger partial charge < -0.3 is 15.2 Å². The quantitative estimate of drug-likeness (QED) is 0.625. The Hall–Kier alpha value is -2.88. The fourth-order valence-corrected chi connectivity index (χ4v) is 4.14. The third kappa shape index (κ3) is 3.84. The molecule has 0 unspecified atom stereocenters. The number of anilines is 1. The van der Waals surface area contributed by atoms with Crippen LogP contribution in [0.4, 0.5) is 14.5 Å². The van der Waals surface area contributed by atoms with Crippen molar-refractivity contribution >= 4 is 21.2 Å². The third-order valence-electron chi connectivity index (χ3n) is 4.34. The molecule has 29 heavy (non-hydrogen) atoms. The average Bonchev–Trinajstić information content (AvgIpc) is 3.01. The second-order valence-electron chi connectivity index (χ2n) is 7.36. The summed E-state index contributed by atoms with van der Waals surface area (Å²) in [7, 11) is -2.36. The molecule has 0 saturated carbocycles. The van der Waals surface area contributed by atoms with Crippen molar-refractivity contribution in [1.82, 2.24) is 9.38 Å². The zero-order valence-electron chi connectivity index (χ0n) is 16.3. The molecular formula is C19H21F2N3O4S. The number of imidazole rings is 1. The molecule has 0 fully saturated rings. The fourth-order valence-electron chi connectivity index (χ4n) is 2.83. The van der Waals surface area contributed by atoms with Crippen molar-refractivity contribution in [1.29, 1.82) is 0 Å². The summed E-state index contributed by atoms with van der Waals surface area (Å²) in [5.74, 6) is 0.0554. The predicted octanol–water partition coefficient (Wildman–Crippen LogP) is 3.77. The van der Waals surface area contributed by atoms with Crippen LogP contribution in [0.3, 0.4) is 0 Å². The second kappa shape index (κ2) is 7.18. The molecule has 3 rings (SSSR count). The number of nitrogens with two attached hydrogens (primary N) is 1. The summed E-state index contributed by atoms with van der Waals surface area (Å²) in [5, 5.41) is 0. The Morgan fingerprint density at radius 3 is 2.45 bits per heavy atom. The summed E-state index contributed by atoms with van der Waals surface area (Å²) in [6.07, 6.45) is 2.90. The number of benzene rings is 1. The van der Waals surface area contributed by atoms with Gasteiger partial charge in [-0.25, -0.2) is 13.4 Å². The molecule has 0 aliphatic rings. The highest BCUT2D eigenvalue weighted by molar-refractivity contribution is 7.92. The fraction of sp³-hybridized carbons (Fsp3) is 0.316. The van der Waals surface area contributed by atoms with Gasteiger partial charge in [-0.05, 0) is 32.9 Å². The monoisotopic (exact) mass is 425 g/mol. The maximum atomic E-state index is 13.0. The van der Waals surface area contributed by atoms with E-state index in [0.29, 0.717) is 16.9 Å². The molecule has 2 N–H and O–H groups in total.